The van der Waals surface area contributed by atoms with E-state index in [1.165, 1.54) is 26.4 Å². The Bertz CT molecular complexity index is 441. The smallest absolute Gasteiger partial charge is 0.278 e. The summed E-state index contributed by atoms with van der Waals surface area (Å²) in [6.07, 6.45) is 0.232. The van der Waals surface area contributed by atoms with Crippen molar-refractivity contribution in [3.8, 4) is 11.5 Å². The highest BCUT2D eigenvalue weighted by atomic mass is 35.5. The molecular weight excluding hydrogens is 276 g/mol. The fraction of sp³-hybridized carbons (Fsp3) is 0.455. The molecule has 1 aromatic rings. The van der Waals surface area contributed by atoms with Crippen LogP contribution in [0.2, 0.25) is 0 Å². The Morgan fingerprint density at radius 2 is 1.89 bits per heavy atom. The minimum Gasteiger partial charge on any atom is -0.493 e. The maximum absolute atomic E-state index is 11.0. The van der Waals surface area contributed by atoms with Gasteiger partial charge in [-0.3, -0.25) is 10.1 Å². The largest absolute Gasteiger partial charge is 0.493 e. The van der Waals surface area contributed by atoms with Gasteiger partial charge < -0.3 is 20.3 Å². The van der Waals surface area contributed by atoms with Crippen LogP contribution >= 0.6 is 12.4 Å². The molecule has 0 saturated carbocycles. The minimum atomic E-state index is -0.629. The quantitative estimate of drug-likeness (QED) is 0.606. The Balaban J connectivity index is 0.00000324. The summed E-state index contributed by atoms with van der Waals surface area (Å²) < 4.78 is 10.1. The molecule has 1 aromatic carbocycles. The number of nitro groups is 1. The summed E-state index contributed by atoms with van der Waals surface area (Å²) in [4.78, 5) is 10.5. The van der Waals surface area contributed by atoms with Crippen LogP contribution in [0.15, 0.2) is 12.1 Å². The number of rotatable bonds is 6. The van der Waals surface area contributed by atoms with E-state index in [2.05, 4.69) is 0 Å². The van der Waals surface area contributed by atoms with E-state index in [0.717, 1.165) is 0 Å². The van der Waals surface area contributed by atoms with Crippen molar-refractivity contribution in [3.05, 3.63) is 27.8 Å². The number of aliphatic hydroxyl groups is 1. The molecule has 0 bridgehead atoms. The molecule has 0 spiro atoms. The first-order valence-corrected chi connectivity index (χ1v) is 5.31. The second-order valence-corrected chi connectivity index (χ2v) is 3.64. The summed E-state index contributed by atoms with van der Waals surface area (Å²) in [6, 6.07) is 2.11. The van der Waals surface area contributed by atoms with E-state index in [1.54, 1.807) is 0 Å². The van der Waals surface area contributed by atoms with Crippen LogP contribution in [-0.4, -0.2) is 30.9 Å². The van der Waals surface area contributed by atoms with E-state index in [1.807, 2.05) is 0 Å². The highest BCUT2D eigenvalue weighted by Crippen LogP contribution is 2.37. The van der Waals surface area contributed by atoms with Gasteiger partial charge in [0.15, 0.2) is 11.5 Å². The first-order valence-electron chi connectivity index (χ1n) is 5.31. The predicted molar refractivity (Wildman–Crippen MR) is 72.1 cm³/mol. The van der Waals surface area contributed by atoms with Crippen LogP contribution in [0, 0.1) is 10.1 Å². The van der Waals surface area contributed by atoms with Gasteiger partial charge in [0, 0.05) is 12.6 Å². The summed E-state index contributed by atoms with van der Waals surface area (Å²) in [5.41, 5.74) is 5.97. The molecule has 1 rings (SSSR count). The number of hydrogen-bond donors (Lipinski definition) is 2. The van der Waals surface area contributed by atoms with Gasteiger partial charge in [-0.2, -0.15) is 0 Å². The molecular formula is C11H17ClN2O5. The van der Waals surface area contributed by atoms with E-state index in [9.17, 15) is 10.1 Å². The lowest BCUT2D eigenvalue weighted by atomic mass is 10.0. The van der Waals surface area contributed by atoms with Crippen molar-refractivity contribution in [1.82, 2.24) is 0 Å². The van der Waals surface area contributed by atoms with Crippen LogP contribution in [0.4, 0.5) is 5.69 Å². The number of halogens is 1. The summed E-state index contributed by atoms with van der Waals surface area (Å²) in [5, 5.41) is 19.8. The molecule has 0 radical (unpaired) electrons. The average molecular weight is 293 g/mol. The minimum absolute atomic E-state index is 0. The SMILES string of the molecule is COc1cc([C@H](N)CCO)c([N+](=O)[O-])cc1OC.Cl. The molecule has 19 heavy (non-hydrogen) atoms. The molecule has 0 saturated heterocycles. The molecule has 0 aliphatic rings. The van der Waals surface area contributed by atoms with Gasteiger partial charge in [0.05, 0.1) is 30.8 Å². The van der Waals surface area contributed by atoms with Crippen LogP contribution < -0.4 is 15.2 Å². The van der Waals surface area contributed by atoms with Crippen molar-refractivity contribution in [2.75, 3.05) is 20.8 Å². The van der Waals surface area contributed by atoms with E-state index < -0.39 is 11.0 Å². The van der Waals surface area contributed by atoms with Gasteiger partial charge >= 0.3 is 0 Å². The highest BCUT2D eigenvalue weighted by Gasteiger charge is 2.23. The average Bonchev–Trinajstić information content (AvgIpc) is 2.37. The zero-order chi connectivity index (χ0) is 13.7. The Kier molecular flexibility index (Phi) is 7.13. The van der Waals surface area contributed by atoms with Gasteiger partial charge in [-0.05, 0) is 12.5 Å². The molecule has 7 nitrogen and oxygen atoms in total. The molecule has 0 heterocycles. The summed E-state index contributed by atoms with van der Waals surface area (Å²) in [5.74, 6) is 0.635. The molecule has 8 heteroatoms. The third kappa shape index (κ3) is 3.95. The molecule has 1 atom stereocenters. The van der Waals surface area contributed by atoms with Gasteiger partial charge in [-0.1, -0.05) is 0 Å². The van der Waals surface area contributed by atoms with Crippen molar-refractivity contribution in [1.29, 1.82) is 0 Å². The topological polar surface area (TPSA) is 108 Å². The lowest BCUT2D eigenvalue weighted by Crippen LogP contribution is -2.14. The zero-order valence-corrected chi connectivity index (χ0v) is 11.5. The number of aliphatic hydroxyl groups excluding tert-OH is 1. The summed E-state index contributed by atoms with van der Waals surface area (Å²) in [7, 11) is 2.83. The molecule has 0 amide bonds. The van der Waals surface area contributed by atoms with Crippen molar-refractivity contribution < 1.29 is 19.5 Å². The molecule has 0 unspecified atom stereocenters. The van der Waals surface area contributed by atoms with Crippen molar-refractivity contribution in [3.63, 3.8) is 0 Å². The number of nitrogens with zero attached hydrogens (tertiary/aromatic N) is 1. The maximum atomic E-state index is 11.0. The normalized spacial score (nSPS) is 11.4. The van der Waals surface area contributed by atoms with Crippen LogP contribution in [0.25, 0.3) is 0 Å². The van der Waals surface area contributed by atoms with Gasteiger partial charge in [-0.15, -0.1) is 12.4 Å². The fourth-order valence-corrected chi connectivity index (χ4v) is 1.63. The Labute approximate surface area is 116 Å². The predicted octanol–water partition coefficient (Wildman–Crippen LogP) is 1.42. The van der Waals surface area contributed by atoms with Crippen molar-refractivity contribution in [2.45, 2.75) is 12.5 Å². The Morgan fingerprint density at radius 1 is 1.37 bits per heavy atom. The fourth-order valence-electron chi connectivity index (χ4n) is 1.63. The van der Waals surface area contributed by atoms with Gasteiger partial charge in [0.25, 0.3) is 5.69 Å². The van der Waals surface area contributed by atoms with Crippen molar-refractivity contribution in [2.24, 2.45) is 5.73 Å². The summed E-state index contributed by atoms with van der Waals surface area (Å²) in [6.45, 7) is -0.146. The number of benzene rings is 1. The van der Waals surface area contributed by atoms with E-state index in [4.69, 9.17) is 20.3 Å². The Morgan fingerprint density at radius 3 is 2.32 bits per heavy atom. The van der Waals surface area contributed by atoms with Gasteiger partial charge in [-0.25, -0.2) is 0 Å². The molecule has 0 fully saturated rings. The molecule has 0 aliphatic carbocycles. The second-order valence-electron chi connectivity index (χ2n) is 3.64. The third-order valence-corrected chi connectivity index (χ3v) is 2.57. The van der Waals surface area contributed by atoms with Crippen LogP contribution in [0.1, 0.15) is 18.0 Å². The number of nitro benzene ring substituents is 1. The number of ether oxygens (including phenoxy) is 2. The second kappa shape index (κ2) is 7.78. The lowest BCUT2D eigenvalue weighted by Gasteiger charge is -2.14. The van der Waals surface area contributed by atoms with Crippen LogP contribution in [-0.2, 0) is 0 Å². The Hall–Kier alpha value is -1.57. The van der Waals surface area contributed by atoms with E-state index in [-0.39, 0.29) is 36.9 Å². The van der Waals surface area contributed by atoms with Crippen molar-refractivity contribution >= 4 is 18.1 Å². The number of nitrogens with two attached hydrogens (primary N) is 1. The van der Waals surface area contributed by atoms with E-state index >= 15 is 0 Å². The van der Waals surface area contributed by atoms with Gasteiger partial charge in [0.1, 0.15) is 0 Å². The first kappa shape index (κ1) is 17.4. The molecule has 3 N–H and O–H groups in total. The van der Waals surface area contributed by atoms with Gasteiger partial charge in [0.2, 0.25) is 0 Å². The van der Waals surface area contributed by atoms with Crippen LogP contribution in [0.5, 0.6) is 11.5 Å². The van der Waals surface area contributed by atoms with Crippen LogP contribution in [0.3, 0.4) is 0 Å². The molecule has 0 aromatic heterocycles. The monoisotopic (exact) mass is 292 g/mol. The molecule has 108 valence electrons. The van der Waals surface area contributed by atoms with E-state index in [0.29, 0.717) is 11.3 Å². The molecule has 0 aliphatic heterocycles. The first-order chi connectivity index (χ1) is 8.54. The highest BCUT2D eigenvalue weighted by molar-refractivity contribution is 5.85. The maximum Gasteiger partial charge on any atom is 0.278 e. The standard InChI is InChI=1S/C11H16N2O5.ClH/c1-17-10-5-7(8(12)3-4-14)9(13(15)16)6-11(10)18-2;/h5-6,8,14H,3-4,12H2,1-2H3;1H/t8-;/m1./s1. The third-order valence-electron chi connectivity index (χ3n) is 2.57. The summed E-state index contributed by atoms with van der Waals surface area (Å²) >= 11 is 0. The number of methoxy groups -OCH3 is 2. The zero-order valence-electron chi connectivity index (χ0n) is 10.7. The number of hydrogen-bond acceptors (Lipinski definition) is 6. The lowest BCUT2D eigenvalue weighted by molar-refractivity contribution is -0.385.